The van der Waals surface area contributed by atoms with Crippen LogP contribution in [0.25, 0.3) is 0 Å². The molecule has 0 aliphatic heterocycles. The van der Waals surface area contributed by atoms with E-state index < -0.39 is 11.9 Å². The molecule has 2 aromatic heterocycles. The Kier molecular flexibility index (Phi) is 3.51. The number of pyridine rings is 1. The Bertz CT molecular complexity index is 671. The van der Waals surface area contributed by atoms with E-state index in [1.54, 1.807) is 20.8 Å². The molecule has 0 saturated heterocycles. The molecule has 0 saturated carbocycles. The van der Waals surface area contributed by atoms with Gasteiger partial charge in [0.05, 0.1) is 28.3 Å². The van der Waals surface area contributed by atoms with Crippen LogP contribution in [0.3, 0.4) is 0 Å². The van der Waals surface area contributed by atoms with E-state index in [0.29, 0.717) is 17.1 Å². The van der Waals surface area contributed by atoms with Gasteiger partial charge in [-0.25, -0.2) is 9.78 Å². The number of hydrogen-bond donors (Lipinski definition) is 3. The molecule has 0 bridgehead atoms. The van der Waals surface area contributed by atoms with E-state index in [-0.39, 0.29) is 11.3 Å². The number of aromatic nitrogens is 3. The molecule has 0 aliphatic carbocycles. The molecule has 0 atom stereocenters. The zero-order valence-electron chi connectivity index (χ0n) is 11.3. The molecule has 7 heteroatoms. The number of carboxylic acid groups (broad SMARTS) is 1. The lowest BCUT2D eigenvalue weighted by molar-refractivity contribution is 0.0695. The fourth-order valence-electron chi connectivity index (χ4n) is 1.83. The molecule has 0 unspecified atom stereocenters. The molecule has 2 heterocycles. The summed E-state index contributed by atoms with van der Waals surface area (Å²) in [6.45, 7) is 5.11. The van der Waals surface area contributed by atoms with Crippen LogP contribution in [0.2, 0.25) is 0 Å². The van der Waals surface area contributed by atoms with Crippen LogP contribution >= 0.6 is 0 Å². The monoisotopic (exact) mass is 274 g/mol. The summed E-state index contributed by atoms with van der Waals surface area (Å²) in [5.41, 5.74) is 2.57. The fraction of sp³-hybridized carbons (Fsp3) is 0.231. The van der Waals surface area contributed by atoms with Crippen LogP contribution < -0.4 is 5.32 Å². The summed E-state index contributed by atoms with van der Waals surface area (Å²) in [5.74, 6) is -1.47. The summed E-state index contributed by atoms with van der Waals surface area (Å²) in [6, 6.07) is 2.76. The Morgan fingerprint density at radius 1 is 1.20 bits per heavy atom. The number of aryl methyl sites for hydroxylation is 3. The highest BCUT2D eigenvalue weighted by Gasteiger charge is 2.15. The number of rotatable bonds is 3. The molecule has 104 valence electrons. The molecular formula is C13H14N4O3. The van der Waals surface area contributed by atoms with E-state index in [2.05, 4.69) is 20.5 Å². The molecule has 7 nitrogen and oxygen atoms in total. The standard InChI is InChI=1S/C13H14N4O3/c1-6-9(13(19)20)4-5-10(14-6)12(18)15-11-7(2)16-17-8(11)3/h4-5H,1-3H3,(H,15,18)(H,16,17)(H,19,20). The summed E-state index contributed by atoms with van der Waals surface area (Å²) in [5, 5.41) is 18.4. The predicted molar refractivity (Wildman–Crippen MR) is 71.9 cm³/mol. The van der Waals surface area contributed by atoms with Gasteiger partial charge in [0.25, 0.3) is 5.91 Å². The number of aromatic amines is 1. The Hall–Kier alpha value is -2.70. The van der Waals surface area contributed by atoms with Crippen LogP contribution in [0.4, 0.5) is 5.69 Å². The molecule has 1 amide bonds. The lowest BCUT2D eigenvalue weighted by atomic mass is 10.2. The summed E-state index contributed by atoms with van der Waals surface area (Å²) in [7, 11) is 0. The molecule has 0 spiro atoms. The van der Waals surface area contributed by atoms with Crippen molar-refractivity contribution in [3.8, 4) is 0 Å². The number of H-pyrrole nitrogens is 1. The third kappa shape index (κ3) is 2.51. The summed E-state index contributed by atoms with van der Waals surface area (Å²) in [4.78, 5) is 27.0. The summed E-state index contributed by atoms with van der Waals surface area (Å²) in [6.07, 6.45) is 0. The van der Waals surface area contributed by atoms with Gasteiger partial charge >= 0.3 is 5.97 Å². The Balaban J connectivity index is 2.26. The van der Waals surface area contributed by atoms with Crippen molar-refractivity contribution in [3.63, 3.8) is 0 Å². The van der Waals surface area contributed by atoms with Crippen LogP contribution in [0.5, 0.6) is 0 Å². The van der Waals surface area contributed by atoms with E-state index in [1.807, 2.05) is 0 Å². The Labute approximate surface area is 115 Å². The van der Waals surface area contributed by atoms with E-state index in [1.165, 1.54) is 12.1 Å². The lowest BCUT2D eigenvalue weighted by Crippen LogP contribution is -2.16. The molecule has 0 fully saturated rings. The SMILES string of the molecule is Cc1nc(C(=O)Nc2c(C)n[nH]c2C)ccc1C(=O)O. The minimum Gasteiger partial charge on any atom is -0.478 e. The summed E-state index contributed by atoms with van der Waals surface area (Å²) >= 11 is 0. The first-order chi connectivity index (χ1) is 9.40. The van der Waals surface area contributed by atoms with Gasteiger partial charge in [-0.05, 0) is 32.9 Å². The van der Waals surface area contributed by atoms with Crippen LogP contribution in [-0.4, -0.2) is 32.2 Å². The van der Waals surface area contributed by atoms with Crippen molar-refractivity contribution >= 4 is 17.6 Å². The van der Waals surface area contributed by atoms with Crippen LogP contribution in [-0.2, 0) is 0 Å². The minimum atomic E-state index is -1.07. The maximum absolute atomic E-state index is 12.1. The molecule has 0 aromatic carbocycles. The van der Waals surface area contributed by atoms with Gasteiger partial charge in [0.2, 0.25) is 0 Å². The van der Waals surface area contributed by atoms with Gasteiger partial charge in [-0.2, -0.15) is 5.10 Å². The molecule has 3 N–H and O–H groups in total. The number of nitrogens with one attached hydrogen (secondary N) is 2. The maximum Gasteiger partial charge on any atom is 0.337 e. The third-order valence-corrected chi connectivity index (χ3v) is 2.92. The smallest absolute Gasteiger partial charge is 0.337 e. The zero-order chi connectivity index (χ0) is 14.9. The number of anilines is 1. The summed E-state index contributed by atoms with van der Waals surface area (Å²) < 4.78 is 0. The molecular weight excluding hydrogens is 260 g/mol. The number of aromatic carboxylic acids is 1. The number of nitrogens with zero attached hydrogens (tertiary/aromatic N) is 2. The van der Waals surface area contributed by atoms with Crippen LogP contribution in [0, 0.1) is 20.8 Å². The van der Waals surface area contributed by atoms with Gasteiger partial charge in [-0.3, -0.25) is 9.89 Å². The van der Waals surface area contributed by atoms with E-state index in [4.69, 9.17) is 5.11 Å². The first kappa shape index (κ1) is 13.7. The van der Waals surface area contributed by atoms with Crippen molar-refractivity contribution in [2.75, 3.05) is 5.32 Å². The minimum absolute atomic E-state index is 0.0808. The van der Waals surface area contributed by atoms with Crippen molar-refractivity contribution in [3.05, 3.63) is 40.5 Å². The molecule has 2 aromatic rings. The molecule has 2 rings (SSSR count). The number of carbonyl (C=O) groups is 2. The van der Waals surface area contributed by atoms with Crippen molar-refractivity contribution in [2.24, 2.45) is 0 Å². The number of hydrogen-bond acceptors (Lipinski definition) is 4. The van der Waals surface area contributed by atoms with Gasteiger partial charge in [-0.15, -0.1) is 0 Å². The first-order valence-corrected chi connectivity index (χ1v) is 5.94. The quantitative estimate of drug-likeness (QED) is 0.789. The average Bonchev–Trinajstić information content (AvgIpc) is 2.70. The van der Waals surface area contributed by atoms with Gasteiger partial charge < -0.3 is 10.4 Å². The fourth-order valence-corrected chi connectivity index (χ4v) is 1.83. The second kappa shape index (κ2) is 5.12. The van der Waals surface area contributed by atoms with E-state index in [9.17, 15) is 9.59 Å². The van der Waals surface area contributed by atoms with Gasteiger partial charge in [-0.1, -0.05) is 0 Å². The van der Waals surface area contributed by atoms with Gasteiger partial charge in [0.15, 0.2) is 0 Å². The highest BCUT2D eigenvalue weighted by atomic mass is 16.4. The largest absolute Gasteiger partial charge is 0.478 e. The second-order valence-electron chi connectivity index (χ2n) is 4.40. The van der Waals surface area contributed by atoms with Gasteiger partial charge in [0, 0.05) is 0 Å². The number of carbonyl (C=O) groups excluding carboxylic acids is 1. The van der Waals surface area contributed by atoms with E-state index in [0.717, 1.165) is 5.69 Å². The average molecular weight is 274 g/mol. The second-order valence-corrected chi connectivity index (χ2v) is 4.40. The molecule has 20 heavy (non-hydrogen) atoms. The third-order valence-electron chi connectivity index (χ3n) is 2.92. The number of amides is 1. The van der Waals surface area contributed by atoms with Crippen molar-refractivity contribution < 1.29 is 14.7 Å². The highest BCUT2D eigenvalue weighted by Crippen LogP contribution is 2.17. The van der Waals surface area contributed by atoms with Crippen molar-refractivity contribution in [2.45, 2.75) is 20.8 Å². The van der Waals surface area contributed by atoms with Gasteiger partial charge in [0.1, 0.15) is 5.69 Å². The molecule has 0 aliphatic rings. The topological polar surface area (TPSA) is 108 Å². The number of carboxylic acids is 1. The first-order valence-electron chi connectivity index (χ1n) is 5.94. The highest BCUT2D eigenvalue weighted by molar-refractivity contribution is 6.04. The van der Waals surface area contributed by atoms with Crippen LogP contribution in [0.15, 0.2) is 12.1 Å². The molecule has 0 radical (unpaired) electrons. The Morgan fingerprint density at radius 3 is 2.40 bits per heavy atom. The van der Waals surface area contributed by atoms with E-state index >= 15 is 0 Å². The van der Waals surface area contributed by atoms with Crippen molar-refractivity contribution in [1.29, 1.82) is 0 Å². The maximum atomic E-state index is 12.1. The lowest BCUT2D eigenvalue weighted by Gasteiger charge is -2.06. The normalized spacial score (nSPS) is 10.3. The zero-order valence-corrected chi connectivity index (χ0v) is 11.3. The Morgan fingerprint density at radius 2 is 1.90 bits per heavy atom. The predicted octanol–water partition coefficient (Wildman–Crippen LogP) is 1.68. The van der Waals surface area contributed by atoms with Crippen molar-refractivity contribution in [1.82, 2.24) is 15.2 Å². The van der Waals surface area contributed by atoms with Crippen LogP contribution in [0.1, 0.15) is 37.9 Å².